The quantitative estimate of drug-likeness (QED) is 0.685. The first-order valence-corrected chi connectivity index (χ1v) is 8.44. The average molecular weight is 352 g/mol. The van der Waals surface area contributed by atoms with Crippen molar-refractivity contribution >= 4 is 29.0 Å². The molecule has 5 heteroatoms. The molecule has 1 atom stereocenters. The van der Waals surface area contributed by atoms with E-state index in [4.69, 9.17) is 4.74 Å². The van der Waals surface area contributed by atoms with Crippen molar-refractivity contribution in [2.45, 2.75) is 52.6 Å². The number of rotatable bonds is 8. The zero-order chi connectivity index (χ0) is 16.8. The minimum absolute atomic E-state index is 0. The van der Waals surface area contributed by atoms with Gasteiger partial charge in [0, 0.05) is 29.7 Å². The number of ether oxygens (including phenoxy) is 1. The number of hydrogen-bond acceptors (Lipinski definition) is 4. The highest BCUT2D eigenvalue weighted by molar-refractivity contribution is 5.94. The lowest BCUT2D eigenvalue weighted by atomic mass is 10.1. The molecule has 0 saturated carbocycles. The van der Waals surface area contributed by atoms with E-state index in [0.717, 1.165) is 41.7 Å². The molecule has 2 aromatic rings. The molecule has 0 fully saturated rings. The fourth-order valence-corrected chi connectivity index (χ4v) is 2.73. The van der Waals surface area contributed by atoms with Crippen LogP contribution in [0.2, 0.25) is 0 Å². The number of methoxy groups -OCH3 is 1. The number of aromatic nitrogens is 1. The standard InChI is InChI=1S/C19H29N3O.ClH/c1-13(2)20-9-6-7-15(4)22-18-12-16(23-5)11-17-14(3)8-10-21-19(17)18;/h8,10-13,15,20,22H,6-7,9H2,1-5H3;1H. The highest BCUT2D eigenvalue weighted by Gasteiger charge is 2.10. The molecule has 0 amide bonds. The Kier molecular flexibility index (Phi) is 8.29. The Morgan fingerprint density at radius 2 is 1.96 bits per heavy atom. The van der Waals surface area contributed by atoms with Crippen molar-refractivity contribution in [1.29, 1.82) is 0 Å². The van der Waals surface area contributed by atoms with Crippen LogP contribution in [0.5, 0.6) is 5.75 Å². The summed E-state index contributed by atoms with van der Waals surface area (Å²) in [6, 6.07) is 7.07. The monoisotopic (exact) mass is 351 g/mol. The molecule has 0 bridgehead atoms. The van der Waals surface area contributed by atoms with Crippen LogP contribution in [0.25, 0.3) is 10.9 Å². The number of hydrogen-bond donors (Lipinski definition) is 2. The van der Waals surface area contributed by atoms with Crippen LogP contribution >= 0.6 is 12.4 Å². The van der Waals surface area contributed by atoms with Crippen molar-refractivity contribution in [2.75, 3.05) is 19.0 Å². The van der Waals surface area contributed by atoms with Gasteiger partial charge in [0.25, 0.3) is 0 Å². The molecule has 2 rings (SSSR count). The molecule has 0 saturated heterocycles. The van der Waals surface area contributed by atoms with Crippen LogP contribution in [0.1, 0.15) is 39.2 Å². The third-order valence-electron chi connectivity index (χ3n) is 4.04. The molecule has 0 spiro atoms. The SMILES string of the molecule is COc1cc(NC(C)CCCNC(C)C)c2nccc(C)c2c1.Cl. The van der Waals surface area contributed by atoms with Crippen LogP contribution in [-0.4, -0.2) is 30.7 Å². The Hall–Kier alpha value is -1.52. The van der Waals surface area contributed by atoms with E-state index in [9.17, 15) is 0 Å². The van der Waals surface area contributed by atoms with Crippen LogP contribution in [0.15, 0.2) is 24.4 Å². The minimum Gasteiger partial charge on any atom is -0.497 e. The molecular weight excluding hydrogens is 322 g/mol. The second-order valence-electron chi connectivity index (χ2n) is 6.50. The van der Waals surface area contributed by atoms with Gasteiger partial charge in [0.05, 0.1) is 18.3 Å². The van der Waals surface area contributed by atoms with Gasteiger partial charge in [-0.15, -0.1) is 12.4 Å². The van der Waals surface area contributed by atoms with Gasteiger partial charge in [-0.2, -0.15) is 0 Å². The summed E-state index contributed by atoms with van der Waals surface area (Å²) in [5, 5.41) is 8.21. The summed E-state index contributed by atoms with van der Waals surface area (Å²) < 4.78 is 5.45. The molecule has 1 heterocycles. The van der Waals surface area contributed by atoms with Crippen LogP contribution < -0.4 is 15.4 Å². The first kappa shape index (κ1) is 20.5. The number of nitrogens with zero attached hydrogens (tertiary/aromatic N) is 1. The summed E-state index contributed by atoms with van der Waals surface area (Å²) in [6.45, 7) is 9.74. The average Bonchev–Trinajstić information content (AvgIpc) is 2.52. The van der Waals surface area contributed by atoms with E-state index in [1.807, 2.05) is 18.3 Å². The van der Waals surface area contributed by atoms with Gasteiger partial charge in [-0.3, -0.25) is 4.98 Å². The molecule has 24 heavy (non-hydrogen) atoms. The Labute approximate surface area is 151 Å². The summed E-state index contributed by atoms with van der Waals surface area (Å²) in [4.78, 5) is 4.56. The molecule has 0 radical (unpaired) electrons. The lowest BCUT2D eigenvalue weighted by Crippen LogP contribution is -2.25. The zero-order valence-corrected chi connectivity index (χ0v) is 16.2. The highest BCUT2D eigenvalue weighted by Crippen LogP contribution is 2.30. The summed E-state index contributed by atoms with van der Waals surface area (Å²) in [5.41, 5.74) is 3.27. The summed E-state index contributed by atoms with van der Waals surface area (Å²) in [5.74, 6) is 0.866. The third kappa shape index (κ3) is 5.53. The van der Waals surface area contributed by atoms with Crippen molar-refractivity contribution in [1.82, 2.24) is 10.3 Å². The molecule has 2 N–H and O–H groups in total. The van der Waals surface area contributed by atoms with E-state index in [-0.39, 0.29) is 12.4 Å². The first-order valence-electron chi connectivity index (χ1n) is 8.44. The van der Waals surface area contributed by atoms with Crippen molar-refractivity contribution in [3.63, 3.8) is 0 Å². The molecule has 1 aromatic heterocycles. The van der Waals surface area contributed by atoms with Crippen molar-refractivity contribution < 1.29 is 4.74 Å². The zero-order valence-electron chi connectivity index (χ0n) is 15.3. The lowest BCUT2D eigenvalue weighted by Gasteiger charge is -2.18. The Bertz CT molecular complexity index is 646. The maximum Gasteiger partial charge on any atom is 0.121 e. The smallest absolute Gasteiger partial charge is 0.121 e. The summed E-state index contributed by atoms with van der Waals surface area (Å²) in [6.07, 6.45) is 4.14. The molecule has 0 aliphatic heterocycles. The van der Waals surface area contributed by atoms with Gasteiger partial charge in [-0.25, -0.2) is 0 Å². The maximum absolute atomic E-state index is 5.45. The molecular formula is C19H30ClN3O. The second-order valence-corrected chi connectivity index (χ2v) is 6.50. The fraction of sp³-hybridized carbons (Fsp3) is 0.526. The van der Waals surface area contributed by atoms with Crippen molar-refractivity contribution in [3.05, 3.63) is 30.0 Å². The second kappa shape index (κ2) is 9.70. The number of halogens is 1. The molecule has 0 aliphatic carbocycles. The van der Waals surface area contributed by atoms with E-state index in [1.165, 1.54) is 5.56 Å². The molecule has 1 unspecified atom stereocenters. The fourth-order valence-electron chi connectivity index (χ4n) is 2.73. The van der Waals surface area contributed by atoms with Gasteiger partial charge in [-0.1, -0.05) is 13.8 Å². The van der Waals surface area contributed by atoms with Gasteiger partial charge in [-0.05, 0) is 50.9 Å². The van der Waals surface area contributed by atoms with E-state index < -0.39 is 0 Å². The predicted molar refractivity (Wildman–Crippen MR) is 106 cm³/mol. The Morgan fingerprint density at radius 1 is 1.21 bits per heavy atom. The Balaban J connectivity index is 0.00000288. The van der Waals surface area contributed by atoms with Crippen LogP contribution in [-0.2, 0) is 0 Å². The van der Waals surface area contributed by atoms with Gasteiger partial charge in [0.15, 0.2) is 0 Å². The predicted octanol–water partition coefficient (Wildman–Crippen LogP) is 4.55. The van der Waals surface area contributed by atoms with Crippen LogP contribution in [0.3, 0.4) is 0 Å². The largest absolute Gasteiger partial charge is 0.497 e. The molecule has 0 aliphatic rings. The first-order chi connectivity index (χ1) is 11.0. The van der Waals surface area contributed by atoms with Crippen molar-refractivity contribution in [2.24, 2.45) is 0 Å². The third-order valence-corrected chi connectivity index (χ3v) is 4.04. The van der Waals surface area contributed by atoms with E-state index in [0.29, 0.717) is 12.1 Å². The topological polar surface area (TPSA) is 46.2 Å². The lowest BCUT2D eigenvalue weighted by molar-refractivity contribution is 0.415. The molecule has 4 nitrogen and oxygen atoms in total. The maximum atomic E-state index is 5.45. The van der Waals surface area contributed by atoms with Crippen molar-refractivity contribution in [3.8, 4) is 5.75 Å². The summed E-state index contributed by atoms with van der Waals surface area (Å²) >= 11 is 0. The van der Waals surface area contributed by atoms with Gasteiger partial charge >= 0.3 is 0 Å². The number of nitrogens with one attached hydrogen (secondary N) is 2. The van der Waals surface area contributed by atoms with Gasteiger partial charge in [0.1, 0.15) is 5.75 Å². The van der Waals surface area contributed by atoms with E-state index in [2.05, 4.69) is 49.4 Å². The van der Waals surface area contributed by atoms with E-state index >= 15 is 0 Å². The van der Waals surface area contributed by atoms with Gasteiger partial charge in [0.2, 0.25) is 0 Å². The number of fused-ring (bicyclic) bond motifs is 1. The number of anilines is 1. The summed E-state index contributed by atoms with van der Waals surface area (Å²) in [7, 11) is 1.71. The Morgan fingerprint density at radius 3 is 2.62 bits per heavy atom. The highest BCUT2D eigenvalue weighted by atomic mass is 35.5. The minimum atomic E-state index is 0. The molecule has 1 aromatic carbocycles. The van der Waals surface area contributed by atoms with Crippen LogP contribution in [0.4, 0.5) is 5.69 Å². The number of aryl methyl sites for hydroxylation is 1. The van der Waals surface area contributed by atoms with Crippen LogP contribution in [0, 0.1) is 6.92 Å². The normalized spacial score (nSPS) is 12.1. The van der Waals surface area contributed by atoms with Gasteiger partial charge < -0.3 is 15.4 Å². The number of benzene rings is 1. The molecule has 134 valence electrons. The van der Waals surface area contributed by atoms with E-state index in [1.54, 1.807) is 7.11 Å². The number of pyridine rings is 1.